The molecule has 2 aromatic heterocycles. The highest BCUT2D eigenvalue weighted by Gasteiger charge is 2.21. The second-order valence-electron chi connectivity index (χ2n) is 7.21. The molecule has 3 heterocycles. The van der Waals surface area contributed by atoms with Gasteiger partial charge in [0.05, 0.1) is 37.9 Å². The number of nitrogens with zero attached hydrogens (tertiary/aromatic N) is 6. The lowest BCUT2D eigenvalue weighted by Gasteiger charge is -2.34. The van der Waals surface area contributed by atoms with Crippen molar-refractivity contribution in [3.63, 3.8) is 0 Å². The molecular formula is C21H24N8O2. The van der Waals surface area contributed by atoms with Crippen LogP contribution in [0.15, 0.2) is 30.6 Å². The maximum atomic E-state index is 8.84. The van der Waals surface area contributed by atoms with Crippen LogP contribution in [0.5, 0.6) is 11.5 Å². The van der Waals surface area contributed by atoms with Crippen LogP contribution in [0.4, 0.5) is 17.3 Å². The molecule has 1 saturated heterocycles. The molecule has 1 aliphatic heterocycles. The Morgan fingerprint density at radius 2 is 1.71 bits per heavy atom. The first-order chi connectivity index (χ1) is 15.1. The number of likely N-dealkylation sites (N-methyl/N-ethyl adjacent to an activating group) is 1. The third-order valence-corrected chi connectivity index (χ3v) is 5.23. The first kappa shape index (κ1) is 20.4. The van der Waals surface area contributed by atoms with E-state index in [-0.39, 0.29) is 5.69 Å². The molecule has 10 heteroatoms. The minimum absolute atomic E-state index is 0.253. The predicted octanol–water partition coefficient (Wildman–Crippen LogP) is 2.25. The van der Waals surface area contributed by atoms with Crippen molar-refractivity contribution in [2.24, 2.45) is 0 Å². The molecule has 0 aliphatic carbocycles. The van der Waals surface area contributed by atoms with Gasteiger partial charge in [0, 0.05) is 50.1 Å². The number of nitriles is 1. The van der Waals surface area contributed by atoms with Crippen molar-refractivity contribution in [1.82, 2.24) is 25.1 Å². The summed E-state index contributed by atoms with van der Waals surface area (Å²) in [6, 6.07) is 7.85. The number of nitrogens with one attached hydrogen (secondary N) is 2. The fraction of sp³-hybridized carbons (Fsp3) is 0.333. The van der Waals surface area contributed by atoms with Crippen molar-refractivity contribution in [3.05, 3.63) is 36.3 Å². The molecule has 4 rings (SSSR count). The lowest BCUT2D eigenvalue weighted by molar-refractivity contribution is 0.312. The molecule has 1 aromatic carbocycles. The molecular weight excluding hydrogens is 396 g/mol. The van der Waals surface area contributed by atoms with E-state index in [1.165, 1.54) is 12.4 Å². The van der Waals surface area contributed by atoms with Crippen molar-refractivity contribution in [2.45, 2.75) is 0 Å². The zero-order chi connectivity index (χ0) is 21.8. The number of hydrogen-bond donors (Lipinski definition) is 2. The van der Waals surface area contributed by atoms with Crippen LogP contribution in [-0.4, -0.2) is 72.5 Å². The number of methoxy groups -OCH3 is 2. The zero-order valence-corrected chi connectivity index (χ0v) is 17.7. The Balaban J connectivity index is 1.62. The molecule has 0 saturated carbocycles. The van der Waals surface area contributed by atoms with E-state index in [4.69, 9.17) is 14.7 Å². The van der Waals surface area contributed by atoms with Gasteiger partial charge in [-0.3, -0.25) is 5.10 Å². The van der Waals surface area contributed by atoms with Crippen molar-refractivity contribution >= 4 is 17.3 Å². The van der Waals surface area contributed by atoms with Crippen LogP contribution in [0.3, 0.4) is 0 Å². The van der Waals surface area contributed by atoms with Crippen LogP contribution in [0.25, 0.3) is 11.3 Å². The van der Waals surface area contributed by atoms with E-state index in [9.17, 15) is 0 Å². The van der Waals surface area contributed by atoms with Crippen molar-refractivity contribution in [3.8, 4) is 28.8 Å². The largest absolute Gasteiger partial charge is 0.496 e. The van der Waals surface area contributed by atoms with E-state index >= 15 is 0 Å². The normalized spacial score (nSPS) is 14.2. The second-order valence-corrected chi connectivity index (χ2v) is 7.21. The quantitative estimate of drug-likeness (QED) is 0.619. The summed E-state index contributed by atoms with van der Waals surface area (Å²) < 4.78 is 11.4. The Kier molecular flexibility index (Phi) is 5.86. The Bertz CT molecular complexity index is 1060. The highest BCUT2D eigenvalue weighted by Crippen LogP contribution is 2.42. The van der Waals surface area contributed by atoms with Gasteiger partial charge in [-0.1, -0.05) is 0 Å². The van der Waals surface area contributed by atoms with Crippen molar-refractivity contribution in [1.29, 1.82) is 5.26 Å². The van der Waals surface area contributed by atoms with Gasteiger partial charge in [-0.05, 0) is 7.05 Å². The summed E-state index contributed by atoms with van der Waals surface area (Å²) >= 11 is 0. The minimum Gasteiger partial charge on any atom is -0.496 e. The molecule has 31 heavy (non-hydrogen) atoms. The minimum atomic E-state index is 0.253. The molecule has 10 nitrogen and oxygen atoms in total. The van der Waals surface area contributed by atoms with Gasteiger partial charge in [0.25, 0.3) is 0 Å². The van der Waals surface area contributed by atoms with Gasteiger partial charge >= 0.3 is 0 Å². The standard InChI is InChI=1S/C21H24N8O2/c1-28-4-6-29(7-5-28)15-8-17(30-2)21(18(9-15)31-3)16-10-19(27-26-16)25-20-13-23-14(11-22)12-24-20/h8-10,12-13H,4-7H2,1-3H3,(H2,24,25,26,27). The van der Waals surface area contributed by atoms with Crippen LogP contribution in [-0.2, 0) is 0 Å². The van der Waals surface area contributed by atoms with Crippen LogP contribution < -0.4 is 19.7 Å². The van der Waals surface area contributed by atoms with Crippen molar-refractivity contribution < 1.29 is 9.47 Å². The summed E-state index contributed by atoms with van der Waals surface area (Å²) in [5.74, 6) is 2.44. The number of hydrogen-bond acceptors (Lipinski definition) is 9. The summed E-state index contributed by atoms with van der Waals surface area (Å²) in [5, 5.41) is 19.2. The highest BCUT2D eigenvalue weighted by atomic mass is 16.5. The number of rotatable bonds is 6. The first-order valence-corrected chi connectivity index (χ1v) is 9.85. The molecule has 0 spiro atoms. The average Bonchev–Trinajstić information content (AvgIpc) is 3.27. The Morgan fingerprint density at radius 3 is 2.29 bits per heavy atom. The molecule has 3 aromatic rings. The Morgan fingerprint density at radius 1 is 1.00 bits per heavy atom. The number of ether oxygens (including phenoxy) is 2. The topological polar surface area (TPSA) is 115 Å². The highest BCUT2D eigenvalue weighted by molar-refractivity contribution is 5.80. The maximum absolute atomic E-state index is 8.84. The van der Waals surface area contributed by atoms with E-state index < -0.39 is 0 Å². The summed E-state index contributed by atoms with van der Waals surface area (Å²) in [4.78, 5) is 12.8. The predicted molar refractivity (Wildman–Crippen MR) is 117 cm³/mol. The van der Waals surface area contributed by atoms with Crippen LogP contribution >= 0.6 is 0 Å². The smallest absolute Gasteiger partial charge is 0.158 e. The second kappa shape index (κ2) is 8.89. The van der Waals surface area contributed by atoms with Gasteiger partial charge < -0.3 is 24.6 Å². The van der Waals surface area contributed by atoms with Crippen LogP contribution in [0.2, 0.25) is 0 Å². The van der Waals surface area contributed by atoms with Gasteiger partial charge in [0.15, 0.2) is 11.5 Å². The van der Waals surface area contributed by atoms with Gasteiger partial charge in [0.1, 0.15) is 23.4 Å². The number of piperazine rings is 1. The van der Waals surface area contributed by atoms with E-state index in [0.29, 0.717) is 23.1 Å². The monoisotopic (exact) mass is 420 g/mol. The van der Waals surface area contributed by atoms with E-state index in [0.717, 1.165) is 43.1 Å². The van der Waals surface area contributed by atoms with Gasteiger partial charge in [-0.15, -0.1) is 0 Å². The molecule has 2 N–H and O–H groups in total. The van der Waals surface area contributed by atoms with Gasteiger partial charge in [0.2, 0.25) is 0 Å². The van der Waals surface area contributed by atoms with E-state index in [1.54, 1.807) is 14.2 Å². The number of aromatic nitrogens is 4. The van der Waals surface area contributed by atoms with Crippen LogP contribution in [0, 0.1) is 11.3 Å². The number of anilines is 3. The summed E-state index contributed by atoms with van der Waals surface area (Å²) in [6.45, 7) is 3.93. The molecule has 1 fully saturated rings. The third-order valence-electron chi connectivity index (χ3n) is 5.23. The van der Waals surface area contributed by atoms with Crippen molar-refractivity contribution in [2.75, 3.05) is 57.7 Å². The molecule has 0 unspecified atom stereocenters. The lowest BCUT2D eigenvalue weighted by atomic mass is 10.1. The molecule has 160 valence electrons. The van der Waals surface area contributed by atoms with Gasteiger partial charge in [-0.25, -0.2) is 9.97 Å². The number of benzene rings is 1. The van der Waals surface area contributed by atoms with E-state index in [2.05, 4.69) is 42.3 Å². The maximum Gasteiger partial charge on any atom is 0.158 e. The molecule has 0 amide bonds. The average molecular weight is 420 g/mol. The third kappa shape index (κ3) is 4.36. The van der Waals surface area contributed by atoms with Gasteiger partial charge in [-0.2, -0.15) is 10.4 Å². The fourth-order valence-corrected chi connectivity index (χ4v) is 3.51. The summed E-state index contributed by atoms with van der Waals surface area (Å²) in [5.41, 5.74) is 2.84. The molecule has 0 radical (unpaired) electrons. The number of aromatic amines is 1. The Labute approximate surface area is 180 Å². The Hall–Kier alpha value is -3.84. The summed E-state index contributed by atoms with van der Waals surface area (Å²) in [6.07, 6.45) is 2.89. The SMILES string of the molecule is COc1cc(N2CCN(C)CC2)cc(OC)c1-c1cc(Nc2cnc(C#N)cn2)n[nH]1. The first-order valence-electron chi connectivity index (χ1n) is 9.85. The lowest BCUT2D eigenvalue weighted by Crippen LogP contribution is -2.44. The molecule has 0 atom stereocenters. The number of H-pyrrole nitrogens is 1. The zero-order valence-electron chi connectivity index (χ0n) is 17.7. The fourth-order valence-electron chi connectivity index (χ4n) is 3.51. The van der Waals surface area contributed by atoms with E-state index in [1.807, 2.05) is 24.3 Å². The molecule has 1 aliphatic rings. The van der Waals surface area contributed by atoms with Crippen LogP contribution in [0.1, 0.15) is 5.69 Å². The molecule has 0 bridgehead atoms. The summed E-state index contributed by atoms with van der Waals surface area (Å²) in [7, 11) is 5.43.